The van der Waals surface area contributed by atoms with Gasteiger partial charge in [-0.1, -0.05) is 24.3 Å². The number of benzene rings is 2. The first-order valence-electron chi connectivity index (χ1n) is 12.0. The molecule has 0 unspecified atom stereocenters. The highest BCUT2D eigenvalue weighted by Gasteiger charge is 2.47. The van der Waals surface area contributed by atoms with Crippen LogP contribution in [0.25, 0.3) is 33.4 Å². The molecule has 8 nitrogen and oxygen atoms in total. The molecule has 3 aromatic heterocycles. The van der Waals surface area contributed by atoms with Crippen LogP contribution in [-0.2, 0) is 6.54 Å². The summed E-state index contributed by atoms with van der Waals surface area (Å²) in [5, 5.41) is 10.5. The van der Waals surface area contributed by atoms with Crippen molar-refractivity contribution in [2.45, 2.75) is 18.9 Å². The van der Waals surface area contributed by atoms with Crippen LogP contribution in [0, 0.1) is 0 Å². The van der Waals surface area contributed by atoms with E-state index >= 15 is 0 Å². The molecule has 2 N–H and O–H groups in total. The third-order valence-corrected chi connectivity index (χ3v) is 6.48. The van der Waals surface area contributed by atoms with Crippen LogP contribution in [0.2, 0.25) is 0 Å². The van der Waals surface area contributed by atoms with E-state index in [1.165, 1.54) is 10.6 Å². The molecule has 4 heterocycles. The third kappa shape index (κ3) is 4.92. The number of carbonyl (C=O) groups excluding carboxylic acids is 1. The largest absolute Gasteiger partial charge is 0.340 e. The molecule has 0 atom stereocenters. The van der Waals surface area contributed by atoms with E-state index in [0.29, 0.717) is 28.1 Å². The van der Waals surface area contributed by atoms with Gasteiger partial charge in [-0.3, -0.25) is 9.89 Å². The van der Waals surface area contributed by atoms with Gasteiger partial charge in [-0.05, 0) is 35.9 Å². The highest BCUT2D eigenvalue weighted by atomic mass is 19.3. The summed E-state index contributed by atoms with van der Waals surface area (Å²) in [6, 6.07) is 15.9. The number of carbonyl (C=O) groups is 1. The van der Waals surface area contributed by atoms with Crippen molar-refractivity contribution >= 4 is 28.3 Å². The lowest BCUT2D eigenvalue weighted by molar-refractivity contribution is -0.113. The molecule has 198 valence electrons. The average molecular weight is 536 g/mol. The van der Waals surface area contributed by atoms with Gasteiger partial charge in [0.15, 0.2) is 5.82 Å². The highest BCUT2D eigenvalue weighted by molar-refractivity contribution is 6.00. The van der Waals surface area contributed by atoms with Crippen molar-refractivity contribution in [3.05, 3.63) is 78.9 Å². The second kappa shape index (κ2) is 9.53. The number of alkyl halides is 4. The van der Waals surface area contributed by atoms with Crippen LogP contribution < -0.4 is 5.32 Å². The van der Waals surface area contributed by atoms with E-state index in [2.05, 4.69) is 25.5 Å². The SMILES string of the molecule is O=C(c1cc2ccc(-c3nccc(Nc4ccc(-c5cn[nH]c5)cc4)n3)cc2n1CC(F)F)N1CC(F)(F)C1. The summed E-state index contributed by atoms with van der Waals surface area (Å²) in [7, 11) is 0. The summed E-state index contributed by atoms with van der Waals surface area (Å²) in [6.45, 7) is -2.21. The lowest BCUT2D eigenvalue weighted by atomic mass is 10.1. The number of aromatic amines is 1. The number of nitrogens with zero attached hydrogens (tertiary/aromatic N) is 5. The van der Waals surface area contributed by atoms with Crippen molar-refractivity contribution in [3.63, 3.8) is 0 Å². The topological polar surface area (TPSA) is 91.7 Å². The standard InChI is InChI=1S/C27H21F4N7O/c28-23(29)13-38-21-10-18(2-1-17(21)9-22(38)26(39)37-14-27(30,31)15-37)25-32-8-7-24(36-25)35-20-5-3-16(4-6-20)19-11-33-34-12-19/h1-12,23H,13-15H2,(H,33,34)(H,32,35,36). The van der Waals surface area contributed by atoms with Gasteiger partial charge in [0.2, 0.25) is 0 Å². The zero-order chi connectivity index (χ0) is 27.1. The number of hydrogen-bond donors (Lipinski definition) is 2. The van der Waals surface area contributed by atoms with Crippen LogP contribution in [0.4, 0.5) is 29.1 Å². The van der Waals surface area contributed by atoms with Gasteiger partial charge in [-0.25, -0.2) is 27.5 Å². The molecule has 1 saturated heterocycles. The van der Waals surface area contributed by atoms with Crippen molar-refractivity contribution in [1.82, 2.24) is 29.6 Å². The number of halogens is 4. The summed E-state index contributed by atoms with van der Waals surface area (Å²) in [5.74, 6) is -2.80. The van der Waals surface area contributed by atoms with Crippen LogP contribution in [0.1, 0.15) is 10.5 Å². The Labute approximate surface area is 219 Å². The number of fused-ring (bicyclic) bond motifs is 1. The van der Waals surface area contributed by atoms with Crippen LogP contribution >= 0.6 is 0 Å². The molecule has 2 aromatic carbocycles. The lowest BCUT2D eigenvalue weighted by Gasteiger charge is -2.38. The minimum Gasteiger partial charge on any atom is -0.340 e. The van der Waals surface area contributed by atoms with E-state index in [1.54, 1.807) is 42.9 Å². The predicted molar refractivity (Wildman–Crippen MR) is 137 cm³/mol. The second-order valence-corrected chi connectivity index (χ2v) is 9.28. The quantitative estimate of drug-likeness (QED) is 0.265. The lowest BCUT2D eigenvalue weighted by Crippen LogP contribution is -2.58. The molecular weight excluding hydrogens is 514 g/mol. The summed E-state index contributed by atoms with van der Waals surface area (Å²) in [5.41, 5.74) is 3.61. The molecule has 0 bridgehead atoms. The monoisotopic (exact) mass is 535 g/mol. The number of aromatic nitrogens is 5. The molecule has 0 aliphatic carbocycles. The Kier molecular flexibility index (Phi) is 6.01. The van der Waals surface area contributed by atoms with E-state index in [9.17, 15) is 22.4 Å². The fraction of sp³-hybridized carbons (Fsp3) is 0.185. The second-order valence-electron chi connectivity index (χ2n) is 9.28. The van der Waals surface area contributed by atoms with Gasteiger partial charge in [0.1, 0.15) is 11.5 Å². The van der Waals surface area contributed by atoms with Gasteiger partial charge in [-0.15, -0.1) is 0 Å². The summed E-state index contributed by atoms with van der Waals surface area (Å²) in [4.78, 5) is 22.7. The molecule has 0 radical (unpaired) electrons. The van der Waals surface area contributed by atoms with E-state index in [0.717, 1.165) is 21.7 Å². The molecule has 12 heteroatoms. The van der Waals surface area contributed by atoms with Gasteiger partial charge in [0.25, 0.3) is 18.3 Å². The Bertz CT molecular complexity index is 1640. The Morgan fingerprint density at radius 3 is 2.49 bits per heavy atom. The summed E-state index contributed by atoms with van der Waals surface area (Å²) in [6.07, 6.45) is 2.36. The molecule has 5 aromatic rings. The van der Waals surface area contributed by atoms with Gasteiger partial charge >= 0.3 is 0 Å². The minimum absolute atomic E-state index is 0.0619. The molecule has 0 saturated carbocycles. The maximum Gasteiger partial charge on any atom is 0.282 e. The minimum atomic E-state index is -2.96. The van der Waals surface area contributed by atoms with Crippen LogP contribution in [0.5, 0.6) is 0 Å². The van der Waals surface area contributed by atoms with E-state index in [4.69, 9.17) is 0 Å². The predicted octanol–water partition coefficient (Wildman–Crippen LogP) is 5.59. The van der Waals surface area contributed by atoms with Gasteiger partial charge < -0.3 is 14.8 Å². The summed E-state index contributed by atoms with van der Waals surface area (Å²) < 4.78 is 54.8. The molecule has 1 aliphatic rings. The van der Waals surface area contributed by atoms with Gasteiger partial charge in [0, 0.05) is 40.1 Å². The average Bonchev–Trinajstić information content (AvgIpc) is 3.56. The molecule has 0 spiro atoms. The maximum absolute atomic E-state index is 13.5. The number of hydrogen-bond acceptors (Lipinski definition) is 5. The van der Waals surface area contributed by atoms with Crippen molar-refractivity contribution < 1.29 is 22.4 Å². The molecule has 1 aliphatic heterocycles. The van der Waals surface area contributed by atoms with Crippen molar-refractivity contribution in [3.8, 4) is 22.5 Å². The zero-order valence-electron chi connectivity index (χ0n) is 20.3. The van der Waals surface area contributed by atoms with Gasteiger partial charge in [-0.2, -0.15) is 5.10 Å². The Hall–Kier alpha value is -4.74. The Morgan fingerprint density at radius 2 is 1.79 bits per heavy atom. The van der Waals surface area contributed by atoms with Crippen molar-refractivity contribution in [1.29, 1.82) is 0 Å². The molecule has 1 fully saturated rings. The smallest absolute Gasteiger partial charge is 0.282 e. The Balaban J connectivity index is 1.28. The number of nitrogens with one attached hydrogen (secondary N) is 2. The van der Waals surface area contributed by atoms with Crippen LogP contribution in [0.3, 0.4) is 0 Å². The highest BCUT2D eigenvalue weighted by Crippen LogP contribution is 2.32. The van der Waals surface area contributed by atoms with Crippen molar-refractivity contribution in [2.75, 3.05) is 18.4 Å². The van der Waals surface area contributed by atoms with Crippen molar-refractivity contribution in [2.24, 2.45) is 0 Å². The fourth-order valence-corrected chi connectivity index (χ4v) is 4.59. The number of anilines is 2. The van der Waals surface area contributed by atoms with E-state index in [-0.39, 0.29) is 5.69 Å². The first-order chi connectivity index (χ1) is 18.8. The third-order valence-electron chi connectivity index (χ3n) is 6.48. The first kappa shape index (κ1) is 24.6. The zero-order valence-corrected chi connectivity index (χ0v) is 20.3. The number of rotatable bonds is 7. The van der Waals surface area contributed by atoms with Crippen LogP contribution in [0.15, 0.2) is 73.2 Å². The number of H-pyrrole nitrogens is 1. The number of amides is 1. The molecule has 6 rings (SSSR count). The maximum atomic E-state index is 13.5. The van der Waals surface area contributed by atoms with Gasteiger partial charge in [0.05, 0.1) is 25.8 Å². The first-order valence-corrected chi connectivity index (χ1v) is 12.0. The molecular formula is C27H21F4N7O. The molecule has 39 heavy (non-hydrogen) atoms. The Morgan fingerprint density at radius 1 is 1.03 bits per heavy atom. The normalized spacial score (nSPS) is 14.5. The van der Waals surface area contributed by atoms with E-state index in [1.807, 2.05) is 24.3 Å². The summed E-state index contributed by atoms with van der Waals surface area (Å²) >= 11 is 0. The van der Waals surface area contributed by atoms with E-state index < -0.39 is 37.9 Å². The fourth-order valence-electron chi connectivity index (χ4n) is 4.59. The van der Waals surface area contributed by atoms with Crippen LogP contribution in [-0.4, -0.2) is 61.0 Å². The molecule has 1 amide bonds. The number of likely N-dealkylation sites (tertiary alicyclic amines) is 1.